The zero-order valence-electron chi connectivity index (χ0n) is 13.8. The molecular formula is C17H18ClN3O3S. The van der Waals surface area contributed by atoms with E-state index in [1.54, 1.807) is 25.1 Å². The SMILES string of the molecule is CC/C(C)=N\NC(=O)c1cccc(S(=O)(=O)Nc2cccc(Cl)c2)c1. The number of nitrogens with one attached hydrogen (secondary N) is 2. The van der Waals surface area contributed by atoms with Crippen LogP contribution in [0.3, 0.4) is 0 Å². The van der Waals surface area contributed by atoms with Crippen LogP contribution in [0.2, 0.25) is 5.02 Å². The minimum Gasteiger partial charge on any atom is -0.280 e. The minimum atomic E-state index is -3.85. The lowest BCUT2D eigenvalue weighted by atomic mass is 10.2. The maximum atomic E-state index is 12.5. The lowest BCUT2D eigenvalue weighted by Gasteiger charge is -2.09. The Morgan fingerprint density at radius 2 is 1.88 bits per heavy atom. The number of halogens is 1. The second-order valence-corrected chi connectivity index (χ2v) is 7.40. The molecule has 8 heteroatoms. The van der Waals surface area contributed by atoms with Crippen molar-refractivity contribution in [2.24, 2.45) is 5.10 Å². The Labute approximate surface area is 152 Å². The van der Waals surface area contributed by atoms with Crippen molar-refractivity contribution in [3.05, 3.63) is 59.1 Å². The monoisotopic (exact) mass is 379 g/mol. The van der Waals surface area contributed by atoms with Gasteiger partial charge in [-0.1, -0.05) is 30.7 Å². The van der Waals surface area contributed by atoms with E-state index in [2.05, 4.69) is 15.2 Å². The zero-order valence-corrected chi connectivity index (χ0v) is 15.4. The van der Waals surface area contributed by atoms with Gasteiger partial charge in [-0.15, -0.1) is 0 Å². The van der Waals surface area contributed by atoms with Gasteiger partial charge in [0.15, 0.2) is 0 Å². The third-order valence-electron chi connectivity index (χ3n) is 3.34. The van der Waals surface area contributed by atoms with Crippen molar-refractivity contribution in [1.82, 2.24) is 5.43 Å². The highest BCUT2D eigenvalue weighted by Crippen LogP contribution is 2.20. The smallest absolute Gasteiger partial charge is 0.271 e. The van der Waals surface area contributed by atoms with Crippen molar-refractivity contribution in [2.75, 3.05) is 4.72 Å². The summed E-state index contributed by atoms with van der Waals surface area (Å²) in [5.41, 5.74) is 3.70. The molecule has 0 aliphatic carbocycles. The summed E-state index contributed by atoms with van der Waals surface area (Å²) >= 11 is 5.86. The van der Waals surface area contributed by atoms with Crippen molar-refractivity contribution in [3.63, 3.8) is 0 Å². The standard InChI is InChI=1S/C17H18ClN3O3S/c1-3-12(2)19-20-17(22)13-6-4-9-16(10-13)25(23,24)21-15-8-5-7-14(18)11-15/h4-11,21H,3H2,1-2H3,(H,20,22)/b19-12-. The summed E-state index contributed by atoms with van der Waals surface area (Å²) < 4.78 is 27.4. The second kappa shape index (κ2) is 8.13. The lowest BCUT2D eigenvalue weighted by Crippen LogP contribution is -2.20. The van der Waals surface area contributed by atoms with E-state index in [1.165, 1.54) is 30.3 Å². The topological polar surface area (TPSA) is 87.6 Å². The van der Waals surface area contributed by atoms with Crippen molar-refractivity contribution < 1.29 is 13.2 Å². The Hall–Kier alpha value is -2.38. The molecule has 0 saturated carbocycles. The number of hydrazone groups is 1. The third kappa shape index (κ3) is 5.30. The summed E-state index contributed by atoms with van der Waals surface area (Å²) in [6.07, 6.45) is 0.707. The van der Waals surface area contributed by atoms with Crippen LogP contribution in [-0.2, 0) is 10.0 Å². The van der Waals surface area contributed by atoms with E-state index in [4.69, 9.17) is 11.6 Å². The van der Waals surface area contributed by atoms with Crippen LogP contribution in [0.25, 0.3) is 0 Å². The molecule has 0 radical (unpaired) electrons. The highest BCUT2D eigenvalue weighted by atomic mass is 35.5. The van der Waals surface area contributed by atoms with E-state index in [0.717, 1.165) is 5.71 Å². The van der Waals surface area contributed by atoms with Crippen molar-refractivity contribution in [1.29, 1.82) is 0 Å². The molecule has 1 amide bonds. The average Bonchev–Trinajstić information content (AvgIpc) is 2.59. The molecule has 0 aliphatic rings. The summed E-state index contributed by atoms with van der Waals surface area (Å²) in [5.74, 6) is -0.479. The lowest BCUT2D eigenvalue weighted by molar-refractivity contribution is 0.0954. The average molecular weight is 380 g/mol. The van der Waals surface area contributed by atoms with Crippen LogP contribution in [0, 0.1) is 0 Å². The fraction of sp³-hybridized carbons (Fsp3) is 0.176. The van der Waals surface area contributed by atoms with Gasteiger partial charge >= 0.3 is 0 Å². The number of nitrogens with zero attached hydrogens (tertiary/aromatic N) is 1. The molecule has 0 saturated heterocycles. The molecule has 0 heterocycles. The first-order valence-corrected chi connectivity index (χ1v) is 9.40. The van der Waals surface area contributed by atoms with Gasteiger partial charge in [0.25, 0.3) is 15.9 Å². The summed E-state index contributed by atoms with van der Waals surface area (Å²) in [4.78, 5) is 12.1. The van der Waals surface area contributed by atoms with Crippen LogP contribution in [0.4, 0.5) is 5.69 Å². The molecule has 6 nitrogen and oxygen atoms in total. The molecule has 2 aromatic carbocycles. The highest BCUT2D eigenvalue weighted by molar-refractivity contribution is 7.92. The number of benzene rings is 2. The second-order valence-electron chi connectivity index (χ2n) is 5.29. The maximum absolute atomic E-state index is 12.5. The van der Waals surface area contributed by atoms with E-state index in [9.17, 15) is 13.2 Å². The van der Waals surface area contributed by atoms with E-state index in [-0.39, 0.29) is 10.5 Å². The molecule has 0 spiro atoms. The van der Waals surface area contributed by atoms with Crippen molar-refractivity contribution >= 4 is 38.9 Å². The van der Waals surface area contributed by atoms with Gasteiger partial charge in [0.05, 0.1) is 10.6 Å². The van der Waals surface area contributed by atoms with E-state index >= 15 is 0 Å². The van der Waals surface area contributed by atoms with Gasteiger partial charge in [-0.3, -0.25) is 9.52 Å². The van der Waals surface area contributed by atoms with Crippen molar-refractivity contribution in [3.8, 4) is 0 Å². The molecule has 0 unspecified atom stereocenters. The molecule has 25 heavy (non-hydrogen) atoms. The molecule has 2 rings (SSSR count). The van der Waals surface area contributed by atoms with Gasteiger partial charge in [0, 0.05) is 16.3 Å². The first kappa shape index (κ1) is 19.0. The fourth-order valence-corrected chi connectivity index (χ4v) is 3.15. The van der Waals surface area contributed by atoms with Crippen LogP contribution in [-0.4, -0.2) is 20.0 Å². The number of sulfonamides is 1. The molecule has 0 aromatic heterocycles. The number of anilines is 1. The summed E-state index contributed by atoms with van der Waals surface area (Å²) in [5, 5.41) is 4.34. The number of carbonyl (C=O) groups excluding carboxylic acids is 1. The zero-order chi connectivity index (χ0) is 18.4. The van der Waals surface area contributed by atoms with E-state index in [0.29, 0.717) is 17.1 Å². The van der Waals surface area contributed by atoms with Crippen molar-refractivity contribution in [2.45, 2.75) is 25.2 Å². The minimum absolute atomic E-state index is 0.0312. The molecule has 0 atom stereocenters. The number of hydrogen-bond donors (Lipinski definition) is 2. The first-order valence-electron chi connectivity index (χ1n) is 7.54. The Kier molecular flexibility index (Phi) is 6.17. The Morgan fingerprint density at radius 3 is 2.56 bits per heavy atom. The van der Waals surface area contributed by atoms with Crippen LogP contribution in [0.5, 0.6) is 0 Å². The number of rotatable bonds is 6. The predicted octanol–water partition coefficient (Wildman–Crippen LogP) is 3.66. The molecule has 0 fully saturated rings. The third-order valence-corrected chi connectivity index (χ3v) is 4.96. The van der Waals surface area contributed by atoms with E-state index in [1.807, 2.05) is 6.92 Å². The predicted molar refractivity (Wildman–Crippen MR) is 99.6 cm³/mol. The number of amides is 1. The van der Waals surface area contributed by atoms with Gasteiger partial charge in [-0.05, 0) is 49.7 Å². The maximum Gasteiger partial charge on any atom is 0.271 e. The molecule has 2 aromatic rings. The fourth-order valence-electron chi connectivity index (χ4n) is 1.86. The number of carbonyl (C=O) groups is 1. The summed E-state index contributed by atoms with van der Waals surface area (Å²) in [6.45, 7) is 3.70. The van der Waals surface area contributed by atoms with Crippen LogP contribution in [0.15, 0.2) is 58.5 Å². The largest absolute Gasteiger partial charge is 0.280 e. The quantitative estimate of drug-likeness (QED) is 0.593. The first-order chi connectivity index (χ1) is 11.8. The van der Waals surface area contributed by atoms with Crippen LogP contribution in [0.1, 0.15) is 30.6 Å². The van der Waals surface area contributed by atoms with Gasteiger partial charge in [0.2, 0.25) is 0 Å². The normalized spacial score (nSPS) is 11.9. The van der Waals surface area contributed by atoms with E-state index < -0.39 is 15.9 Å². The molecule has 2 N–H and O–H groups in total. The van der Waals surface area contributed by atoms with Gasteiger partial charge < -0.3 is 0 Å². The Balaban J connectivity index is 2.23. The van der Waals surface area contributed by atoms with Gasteiger partial charge in [0.1, 0.15) is 0 Å². The summed E-state index contributed by atoms with van der Waals surface area (Å²) in [7, 11) is -3.85. The van der Waals surface area contributed by atoms with Crippen LogP contribution < -0.4 is 10.1 Å². The molecule has 0 aliphatic heterocycles. The van der Waals surface area contributed by atoms with Gasteiger partial charge in [-0.2, -0.15) is 5.10 Å². The van der Waals surface area contributed by atoms with Crippen LogP contribution >= 0.6 is 11.6 Å². The summed E-state index contributed by atoms with van der Waals surface area (Å²) in [6, 6.07) is 12.1. The Bertz CT molecular complexity index is 911. The molecular weight excluding hydrogens is 362 g/mol. The molecule has 0 bridgehead atoms. The highest BCUT2D eigenvalue weighted by Gasteiger charge is 2.16. The molecule has 132 valence electrons. The van der Waals surface area contributed by atoms with Gasteiger partial charge in [-0.25, -0.2) is 13.8 Å². The Morgan fingerprint density at radius 1 is 1.16 bits per heavy atom. The number of hydrogen-bond acceptors (Lipinski definition) is 4.